The van der Waals surface area contributed by atoms with Crippen molar-refractivity contribution < 1.29 is 4.79 Å². The van der Waals surface area contributed by atoms with Gasteiger partial charge in [0.1, 0.15) is 6.04 Å². The third-order valence-electron chi connectivity index (χ3n) is 2.99. The van der Waals surface area contributed by atoms with Crippen LogP contribution in [0.5, 0.6) is 0 Å². The molecule has 2 heterocycles. The van der Waals surface area contributed by atoms with E-state index in [1.54, 1.807) is 0 Å². The van der Waals surface area contributed by atoms with Crippen LogP contribution in [0.1, 0.15) is 12.8 Å². The summed E-state index contributed by atoms with van der Waals surface area (Å²) >= 11 is 0. The number of amides is 1. The first-order valence-corrected chi connectivity index (χ1v) is 5.30. The van der Waals surface area contributed by atoms with Gasteiger partial charge in [-0.3, -0.25) is 4.79 Å². The van der Waals surface area contributed by atoms with Crippen molar-refractivity contribution in [3.8, 4) is 0 Å². The molecule has 2 rings (SSSR count). The average Bonchev–Trinajstić information content (AvgIpc) is 2.70. The molecule has 3 N–H and O–H groups in total. The van der Waals surface area contributed by atoms with Crippen LogP contribution in [0, 0.1) is 0 Å². The molecule has 2 aliphatic heterocycles. The standard InChI is InChI=1S/C9H18N4O/c10-9(14)8-7-11-3-6-13(8)12-4-1-2-5-12/h8,11H,1-7H2,(H2,10,14). The van der Waals surface area contributed by atoms with Gasteiger partial charge in [-0.1, -0.05) is 0 Å². The van der Waals surface area contributed by atoms with Gasteiger partial charge >= 0.3 is 0 Å². The van der Waals surface area contributed by atoms with E-state index < -0.39 is 0 Å². The summed E-state index contributed by atoms with van der Waals surface area (Å²) in [5, 5.41) is 7.62. The van der Waals surface area contributed by atoms with Crippen LogP contribution in [-0.4, -0.2) is 54.7 Å². The summed E-state index contributed by atoms with van der Waals surface area (Å²) in [6.45, 7) is 4.67. The molecule has 0 bridgehead atoms. The van der Waals surface area contributed by atoms with Crippen molar-refractivity contribution in [3.63, 3.8) is 0 Å². The summed E-state index contributed by atoms with van der Waals surface area (Å²) in [6, 6.07) is -0.151. The highest BCUT2D eigenvalue weighted by atomic mass is 16.1. The summed E-state index contributed by atoms with van der Waals surface area (Å²) in [7, 11) is 0. The molecule has 2 fully saturated rings. The van der Waals surface area contributed by atoms with Gasteiger partial charge in [0, 0.05) is 32.7 Å². The van der Waals surface area contributed by atoms with Crippen molar-refractivity contribution in [1.82, 2.24) is 15.3 Å². The predicted octanol–water partition coefficient (Wildman–Crippen LogP) is -1.24. The number of hydrogen-bond donors (Lipinski definition) is 2. The molecule has 0 spiro atoms. The first-order valence-electron chi connectivity index (χ1n) is 5.30. The molecule has 1 atom stereocenters. The molecule has 0 aromatic carbocycles. The molecule has 5 nitrogen and oxygen atoms in total. The van der Waals surface area contributed by atoms with Crippen LogP contribution in [-0.2, 0) is 4.79 Å². The zero-order chi connectivity index (χ0) is 9.97. The molecule has 14 heavy (non-hydrogen) atoms. The molecule has 0 saturated carbocycles. The Balaban J connectivity index is 2.01. The van der Waals surface area contributed by atoms with Crippen molar-refractivity contribution >= 4 is 5.91 Å². The van der Waals surface area contributed by atoms with Crippen LogP contribution in [0.15, 0.2) is 0 Å². The first kappa shape index (κ1) is 9.89. The highest BCUT2D eigenvalue weighted by Crippen LogP contribution is 2.14. The zero-order valence-corrected chi connectivity index (χ0v) is 8.41. The van der Waals surface area contributed by atoms with E-state index in [4.69, 9.17) is 5.73 Å². The van der Waals surface area contributed by atoms with Crippen molar-refractivity contribution in [2.45, 2.75) is 18.9 Å². The van der Waals surface area contributed by atoms with Gasteiger partial charge in [-0.25, -0.2) is 10.0 Å². The average molecular weight is 198 g/mol. The normalized spacial score (nSPS) is 30.7. The lowest BCUT2D eigenvalue weighted by Gasteiger charge is -2.40. The van der Waals surface area contributed by atoms with Gasteiger partial charge in [0.05, 0.1) is 0 Å². The Bertz CT molecular complexity index is 215. The molecule has 0 aliphatic carbocycles. The van der Waals surface area contributed by atoms with Gasteiger partial charge in [-0.05, 0) is 12.8 Å². The van der Waals surface area contributed by atoms with E-state index in [2.05, 4.69) is 15.3 Å². The Morgan fingerprint density at radius 2 is 2.00 bits per heavy atom. The number of primary amides is 1. The van der Waals surface area contributed by atoms with Gasteiger partial charge in [-0.2, -0.15) is 0 Å². The van der Waals surface area contributed by atoms with E-state index in [1.807, 2.05) is 0 Å². The number of carbonyl (C=O) groups excluding carboxylic acids is 1. The van der Waals surface area contributed by atoms with E-state index >= 15 is 0 Å². The number of hydrazine groups is 1. The quantitative estimate of drug-likeness (QED) is 0.582. The molecular weight excluding hydrogens is 180 g/mol. The second-order valence-corrected chi connectivity index (χ2v) is 3.95. The number of piperazine rings is 1. The number of nitrogens with zero attached hydrogens (tertiary/aromatic N) is 2. The van der Waals surface area contributed by atoms with Gasteiger partial charge in [0.15, 0.2) is 0 Å². The Kier molecular flexibility index (Phi) is 3.00. The third-order valence-corrected chi connectivity index (χ3v) is 2.99. The number of hydrogen-bond acceptors (Lipinski definition) is 4. The predicted molar refractivity (Wildman–Crippen MR) is 53.4 cm³/mol. The Morgan fingerprint density at radius 1 is 1.29 bits per heavy atom. The molecule has 0 aromatic rings. The van der Waals surface area contributed by atoms with Gasteiger partial charge in [-0.15, -0.1) is 0 Å². The molecule has 2 aliphatic rings. The van der Waals surface area contributed by atoms with E-state index in [-0.39, 0.29) is 11.9 Å². The van der Waals surface area contributed by atoms with E-state index in [9.17, 15) is 4.79 Å². The Morgan fingerprint density at radius 3 is 2.64 bits per heavy atom. The minimum atomic E-state index is -0.218. The summed E-state index contributed by atoms with van der Waals surface area (Å²) < 4.78 is 0. The van der Waals surface area contributed by atoms with Crippen LogP contribution in [0.2, 0.25) is 0 Å². The second-order valence-electron chi connectivity index (χ2n) is 3.95. The molecule has 1 unspecified atom stereocenters. The van der Waals surface area contributed by atoms with Crippen LogP contribution in [0.3, 0.4) is 0 Å². The molecular formula is C9H18N4O. The maximum absolute atomic E-state index is 11.2. The monoisotopic (exact) mass is 198 g/mol. The van der Waals surface area contributed by atoms with Crippen LogP contribution >= 0.6 is 0 Å². The van der Waals surface area contributed by atoms with Crippen LogP contribution in [0.4, 0.5) is 0 Å². The topological polar surface area (TPSA) is 61.6 Å². The van der Waals surface area contributed by atoms with Crippen molar-refractivity contribution in [1.29, 1.82) is 0 Å². The Labute approximate surface area is 84.2 Å². The van der Waals surface area contributed by atoms with Crippen LogP contribution < -0.4 is 11.1 Å². The van der Waals surface area contributed by atoms with Crippen LogP contribution in [0.25, 0.3) is 0 Å². The summed E-state index contributed by atoms with van der Waals surface area (Å²) in [5.74, 6) is -0.218. The fourth-order valence-electron chi connectivity index (χ4n) is 2.24. The van der Waals surface area contributed by atoms with Crippen molar-refractivity contribution in [3.05, 3.63) is 0 Å². The lowest BCUT2D eigenvalue weighted by Crippen LogP contribution is -2.61. The molecule has 0 radical (unpaired) electrons. The minimum Gasteiger partial charge on any atom is -0.368 e. The highest BCUT2D eigenvalue weighted by Gasteiger charge is 2.32. The number of nitrogens with one attached hydrogen (secondary N) is 1. The molecule has 2 saturated heterocycles. The van der Waals surface area contributed by atoms with Crippen molar-refractivity contribution in [2.24, 2.45) is 5.73 Å². The fraction of sp³-hybridized carbons (Fsp3) is 0.889. The van der Waals surface area contributed by atoms with Gasteiger partial charge in [0.25, 0.3) is 0 Å². The highest BCUT2D eigenvalue weighted by molar-refractivity contribution is 5.80. The number of rotatable bonds is 2. The maximum atomic E-state index is 11.2. The van der Waals surface area contributed by atoms with E-state index in [0.29, 0.717) is 6.54 Å². The molecule has 5 heteroatoms. The molecule has 1 amide bonds. The first-order chi connectivity index (χ1) is 6.79. The summed E-state index contributed by atoms with van der Waals surface area (Å²) in [6.07, 6.45) is 2.46. The largest absolute Gasteiger partial charge is 0.368 e. The second kappa shape index (κ2) is 4.25. The minimum absolute atomic E-state index is 0.151. The summed E-state index contributed by atoms with van der Waals surface area (Å²) in [5.41, 5.74) is 5.38. The Hall–Kier alpha value is -0.650. The lowest BCUT2D eigenvalue weighted by atomic mass is 10.2. The molecule has 80 valence electrons. The third kappa shape index (κ3) is 1.89. The number of nitrogens with two attached hydrogens (primary N) is 1. The SMILES string of the molecule is NC(=O)C1CNCCN1N1CCCC1. The van der Waals surface area contributed by atoms with Crippen molar-refractivity contribution in [2.75, 3.05) is 32.7 Å². The van der Waals surface area contributed by atoms with Gasteiger partial charge in [0.2, 0.25) is 5.91 Å². The lowest BCUT2D eigenvalue weighted by molar-refractivity contribution is -0.134. The van der Waals surface area contributed by atoms with E-state index in [0.717, 1.165) is 26.2 Å². The maximum Gasteiger partial charge on any atom is 0.237 e. The fourth-order valence-corrected chi connectivity index (χ4v) is 2.24. The molecule has 0 aromatic heterocycles. The summed E-state index contributed by atoms with van der Waals surface area (Å²) in [4.78, 5) is 11.2. The van der Waals surface area contributed by atoms with E-state index in [1.165, 1.54) is 12.8 Å². The smallest absolute Gasteiger partial charge is 0.237 e. The zero-order valence-electron chi connectivity index (χ0n) is 8.41. The van der Waals surface area contributed by atoms with Gasteiger partial charge < -0.3 is 11.1 Å². The number of carbonyl (C=O) groups is 1.